The van der Waals surface area contributed by atoms with Crippen LogP contribution in [0.15, 0.2) is 17.0 Å². The topological polar surface area (TPSA) is 80.3 Å². The zero-order valence-corrected chi connectivity index (χ0v) is 15.7. The molecule has 0 spiro atoms. The normalized spacial score (nSPS) is 13.4. The molecule has 0 aliphatic heterocycles. The third kappa shape index (κ3) is 5.37. The number of sulfonamides is 1. The van der Waals surface area contributed by atoms with Crippen molar-refractivity contribution in [1.29, 1.82) is 0 Å². The molecule has 5 nitrogen and oxygen atoms in total. The van der Waals surface area contributed by atoms with Crippen LogP contribution in [-0.4, -0.2) is 34.4 Å². The summed E-state index contributed by atoms with van der Waals surface area (Å²) in [6.07, 6.45) is 1.36. The fourth-order valence-corrected chi connectivity index (χ4v) is 5.28. The van der Waals surface area contributed by atoms with Crippen molar-refractivity contribution in [2.45, 2.75) is 51.5 Å². The Balaban J connectivity index is 3.11. The third-order valence-electron chi connectivity index (χ3n) is 3.38. The van der Waals surface area contributed by atoms with Gasteiger partial charge >= 0.3 is 0 Å². The van der Waals surface area contributed by atoms with E-state index in [1.54, 1.807) is 27.7 Å². The lowest BCUT2D eigenvalue weighted by Gasteiger charge is -2.26. The summed E-state index contributed by atoms with van der Waals surface area (Å²) in [6, 6.07) is 3.65. The maximum absolute atomic E-state index is 12.7. The van der Waals surface area contributed by atoms with Gasteiger partial charge in [-0.15, -0.1) is 0 Å². The second-order valence-electron chi connectivity index (χ2n) is 6.60. The lowest BCUT2D eigenvalue weighted by molar-refractivity contribution is 0.438. The van der Waals surface area contributed by atoms with Gasteiger partial charge in [0.2, 0.25) is 10.0 Å². The molecule has 0 saturated heterocycles. The molecular weight excluding hydrogens is 322 g/mol. The molecule has 0 atom stereocenters. The van der Waals surface area contributed by atoms with Crippen LogP contribution in [0.25, 0.3) is 0 Å². The Labute approximate surface area is 134 Å². The quantitative estimate of drug-likeness (QED) is 0.854. The Morgan fingerprint density at radius 1 is 1.00 bits per heavy atom. The summed E-state index contributed by atoms with van der Waals surface area (Å²) < 4.78 is 50.5. The molecule has 0 fully saturated rings. The molecule has 0 radical (unpaired) electrons. The maximum Gasteiger partial charge on any atom is 0.241 e. The summed E-state index contributed by atoms with van der Waals surface area (Å²) in [4.78, 5) is 0.269. The van der Waals surface area contributed by atoms with Gasteiger partial charge in [0.15, 0.2) is 0 Å². The van der Waals surface area contributed by atoms with Crippen molar-refractivity contribution < 1.29 is 16.8 Å². The summed E-state index contributed by atoms with van der Waals surface area (Å²) in [5.41, 5.74) is 1.53. The lowest BCUT2D eigenvalue weighted by atomic mass is 10.0. The number of aryl methyl sites for hydroxylation is 3. The van der Waals surface area contributed by atoms with E-state index < -0.39 is 25.4 Å². The van der Waals surface area contributed by atoms with E-state index >= 15 is 0 Å². The van der Waals surface area contributed by atoms with E-state index in [1.165, 1.54) is 0 Å². The van der Waals surface area contributed by atoms with Crippen molar-refractivity contribution in [3.8, 4) is 0 Å². The highest BCUT2D eigenvalue weighted by molar-refractivity contribution is 7.90. The van der Waals surface area contributed by atoms with E-state index in [0.29, 0.717) is 11.1 Å². The molecule has 1 aromatic carbocycles. The van der Waals surface area contributed by atoms with Crippen LogP contribution in [0.4, 0.5) is 0 Å². The van der Waals surface area contributed by atoms with Gasteiger partial charge in [0.25, 0.3) is 0 Å². The molecule has 0 aliphatic carbocycles. The standard InChI is InChI=1S/C15H25NO4S2/c1-11-9-12(2)14(13(3)10-11)22(19,20)16-15(4,5)7-8-21(6,17)18/h9-10,16H,7-8H2,1-6H3. The predicted octanol–water partition coefficient (Wildman–Crippen LogP) is 2.10. The molecule has 0 aliphatic rings. The van der Waals surface area contributed by atoms with Crippen molar-refractivity contribution in [3.05, 3.63) is 28.8 Å². The predicted molar refractivity (Wildman–Crippen MR) is 89.4 cm³/mol. The highest BCUT2D eigenvalue weighted by Gasteiger charge is 2.29. The van der Waals surface area contributed by atoms with Crippen molar-refractivity contribution in [2.75, 3.05) is 12.0 Å². The van der Waals surface area contributed by atoms with E-state index in [4.69, 9.17) is 0 Å². The fraction of sp³-hybridized carbons (Fsp3) is 0.600. The van der Waals surface area contributed by atoms with Crippen LogP contribution in [0, 0.1) is 20.8 Å². The van der Waals surface area contributed by atoms with E-state index in [1.807, 2.05) is 19.1 Å². The van der Waals surface area contributed by atoms with Crippen molar-refractivity contribution >= 4 is 19.9 Å². The van der Waals surface area contributed by atoms with Gasteiger partial charge in [-0.1, -0.05) is 17.7 Å². The monoisotopic (exact) mass is 347 g/mol. The molecule has 0 heterocycles. The molecule has 1 N–H and O–H groups in total. The van der Waals surface area contributed by atoms with E-state index in [2.05, 4.69) is 4.72 Å². The summed E-state index contributed by atoms with van der Waals surface area (Å²) in [5.74, 6) is -0.0611. The molecule has 0 amide bonds. The second kappa shape index (κ2) is 6.29. The number of nitrogens with one attached hydrogen (secondary N) is 1. The minimum Gasteiger partial charge on any atom is -0.229 e. The van der Waals surface area contributed by atoms with Crippen LogP contribution >= 0.6 is 0 Å². The fourth-order valence-electron chi connectivity index (χ4n) is 2.50. The molecule has 126 valence electrons. The highest BCUT2D eigenvalue weighted by atomic mass is 32.2. The zero-order valence-electron chi connectivity index (χ0n) is 14.0. The Morgan fingerprint density at radius 3 is 1.86 bits per heavy atom. The minimum atomic E-state index is -3.71. The SMILES string of the molecule is Cc1cc(C)c(S(=O)(=O)NC(C)(C)CCS(C)(=O)=O)c(C)c1. The first-order valence-electron chi connectivity index (χ1n) is 7.03. The van der Waals surface area contributed by atoms with Gasteiger partial charge in [-0.05, 0) is 52.2 Å². The smallest absolute Gasteiger partial charge is 0.229 e. The average Bonchev–Trinajstić information content (AvgIpc) is 2.21. The molecule has 1 rings (SSSR count). The van der Waals surface area contributed by atoms with Gasteiger partial charge in [0.05, 0.1) is 10.6 Å². The number of rotatable bonds is 6. The van der Waals surface area contributed by atoms with E-state index in [0.717, 1.165) is 11.8 Å². The maximum atomic E-state index is 12.7. The molecule has 0 saturated carbocycles. The lowest BCUT2D eigenvalue weighted by Crippen LogP contribution is -2.44. The van der Waals surface area contributed by atoms with Gasteiger partial charge in [-0.25, -0.2) is 21.6 Å². The average molecular weight is 348 g/mol. The Morgan fingerprint density at radius 2 is 1.45 bits per heavy atom. The van der Waals surface area contributed by atoms with Crippen LogP contribution in [0.5, 0.6) is 0 Å². The Bertz CT molecular complexity index is 740. The van der Waals surface area contributed by atoms with Gasteiger partial charge in [-0.3, -0.25) is 0 Å². The molecule has 22 heavy (non-hydrogen) atoms. The largest absolute Gasteiger partial charge is 0.241 e. The van der Waals surface area contributed by atoms with Crippen LogP contribution in [0.2, 0.25) is 0 Å². The third-order valence-corrected chi connectivity index (χ3v) is 6.33. The number of hydrogen-bond acceptors (Lipinski definition) is 4. The molecule has 1 aromatic rings. The van der Waals surface area contributed by atoms with Gasteiger partial charge in [0, 0.05) is 11.8 Å². The van der Waals surface area contributed by atoms with E-state index in [9.17, 15) is 16.8 Å². The number of benzene rings is 1. The Hall–Kier alpha value is -0.920. The van der Waals surface area contributed by atoms with Crippen molar-refractivity contribution in [1.82, 2.24) is 4.72 Å². The first-order chi connectivity index (χ1) is 9.73. The van der Waals surface area contributed by atoms with Gasteiger partial charge in [-0.2, -0.15) is 0 Å². The van der Waals surface area contributed by atoms with Gasteiger partial charge in [0.1, 0.15) is 9.84 Å². The molecular formula is C15H25NO4S2. The molecule has 0 aromatic heterocycles. The van der Waals surface area contributed by atoms with Crippen molar-refractivity contribution in [2.24, 2.45) is 0 Å². The summed E-state index contributed by atoms with van der Waals surface area (Å²) in [5, 5.41) is 0. The van der Waals surface area contributed by atoms with Gasteiger partial charge < -0.3 is 0 Å². The summed E-state index contributed by atoms with van der Waals surface area (Å²) in [6.45, 7) is 8.82. The van der Waals surface area contributed by atoms with Crippen LogP contribution in [0.1, 0.15) is 37.0 Å². The molecule has 0 bridgehead atoms. The van der Waals surface area contributed by atoms with Crippen molar-refractivity contribution in [3.63, 3.8) is 0 Å². The Kier molecular flexibility index (Phi) is 5.47. The zero-order chi connectivity index (χ0) is 17.3. The summed E-state index contributed by atoms with van der Waals surface area (Å²) >= 11 is 0. The minimum absolute atomic E-state index is 0.0611. The van der Waals surface area contributed by atoms with Crippen LogP contribution < -0.4 is 4.72 Å². The summed E-state index contributed by atoms with van der Waals surface area (Å²) in [7, 11) is -6.84. The molecule has 7 heteroatoms. The van der Waals surface area contributed by atoms with E-state index in [-0.39, 0.29) is 17.1 Å². The van der Waals surface area contributed by atoms with Crippen LogP contribution in [0.3, 0.4) is 0 Å². The number of hydrogen-bond donors (Lipinski definition) is 1. The van der Waals surface area contributed by atoms with Crippen LogP contribution in [-0.2, 0) is 19.9 Å². The highest BCUT2D eigenvalue weighted by Crippen LogP contribution is 2.24. The second-order valence-corrected chi connectivity index (χ2v) is 10.5. The molecule has 0 unspecified atom stereocenters. The first kappa shape index (κ1) is 19.1. The number of sulfone groups is 1. The first-order valence-corrected chi connectivity index (χ1v) is 10.6.